The van der Waals surface area contributed by atoms with E-state index < -0.39 is 16.9 Å². The number of rotatable bonds is 7. The summed E-state index contributed by atoms with van der Waals surface area (Å²) >= 11 is 0. The molecule has 2 heterocycles. The van der Waals surface area contributed by atoms with Gasteiger partial charge in [0.2, 0.25) is 5.91 Å². The Morgan fingerprint density at radius 1 is 1.48 bits per heavy atom. The lowest BCUT2D eigenvalue weighted by Crippen LogP contribution is -2.23. The summed E-state index contributed by atoms with van der Waals surface area (Å²) in [5.74, 6) is -0.551. The van der Waals surface area contributed by atoms with Crippen LogP contribution in [0.25, 0.3) is 0 Å². The Balaban J connectivity index is 2.11. The molecule has 11 nitrogen and oxygen atoms in total. The van der Waals surface area contributed by atoms with Gasteiger partial charge in [0, 0.05) is 7.11 Å². The lowest BCUT2D eigenvalue weighted by atomic mass is 10.3. The molecule has 124 valence electrons. The van der Waals surface area contributed by atoms with E-state index in [9.17, 15) is 14.9 Å². The van der Waals surface area contributed by atoms with Gasteiger partial charge in [0.1, 0.15) is 19.0 Å². The number of methoxy groups -OCH3 is 2. The number of ether oxygens (including phenoxy) is 2. The third-order valence-corrected chi connectivity index (χ3v) is 3.01. The van der Waals surface area contributed by atoms with Gasteiger partial charge in [0.15, 0.2) is 0 Å². The van der Waals surface area contributed by atoms with E-state index in [2.05, 4.69) is 15.5 Å². The Labute approximate surface area is 130 Å². The van der Waals surface area contributed by atoms with Crippen molar-refractivity contribution in [2.24, 2.45) is 0 Å². The molecule has 1 unspecified atom stereocenters. The lowest BCUT2D eigenvalue weighted by molar-refractivity contribution is -0.385. The lowest BCUT2D eigenvalue weighted by Gasteiger charge is -2.10. The third-order valence-electron chi connectivity index (χ3n) is 3.01. The summed E-state index contributed by atoms with van der Waals surface area (Å²) in [4.78, 5) is 22.5. The fourth-order valence-corrected chi connectivity index (χ4v) is 1.83. The van der Waals surface area contributed by atoms with E-state index in [1.807, 2.05) is 0 Å². The van der Waals surface area contributed by atoms with Crippen LogP contribution >= 0.6 is 0 Å². The fraction of sp³-hybridized carbons (Fsp3) is 0.417. The number of aromatic nitrogens is 4. The van der Waals surface area contributed by atoms with E-state index in [0.29, 0.717) is 5.69 Å². The van der Waals surface area contributed by atoms with E-state index in [-0.39, 0.29) is 18.3 Å². The smallest absolute Gasteiger partial charge is 0.350 e. The number of carbonyl (C=O) groups excluding carboxylic acids is 1. The summed E-state index contributed by atoms with van der Waals surface area (Å²) in [5, 5.41) is 21.4. The SMILES string of the molecule is COCn1cc(NC(=O)C(C)n2cc([N+](=O)[O-])c(OC)n2)cn1. The first kappa shape index (κ1) is 16.4. The molecule has 0 saturated heterocycles. The quantitative estimate of drug-likeness (QED) is 0.589. The van der Waals surface area contributed by atoms with Gasteiger partial charge in [0.05, 0.1) is 30.1 Å². The van der Waals surface area contributed by atoms with Crippen LogP contribution in [0.1, 0.15) is 13.0 Å². The molecule has 0 aliphatic rings. The van der Waals surface area contributed by atoms with Crippen molar-refractivity contribution < 1.29 is 19.2 Å². The van der Waals surface area contributed by atoms with Crippen molar-refractivity contribution in [1.29, 1.82) is 0 Å². The van der Waals surface area contributed by atoms with Gasteiger partial charge >= 0.3 is 11.6 Å². The van der Waals surface area contributed by atoms with Gasteiger partial charge in [-0.3, -0.25) is 14.9 Å². The zero-order valence-corrected chi connectivity index (χ0v) is 12.8. The molecule has 0 spiro atoms. The highest BCUT2D eigenvalue weighted by Crippen LogP contribution is 2.26. The number of carbonyl (C=O) groups is 1. The molecular formula is C12H16N6O5. The molecule has 0 bridgehead atoms. The molecule has 0 aromatic carbocycles. The highest BCUT2D eigenvalue weighted by Gasteiger charge is 2.25. The minimum absolute atomic E-state index is 0.150. The second-order valence-electron chi connectivity index (χ2n) is 4.61. The molecule has 11 heteroatoms. The minimum atomic E-state index is -0.775. The molecule has 1 N–H and O–H groups in total. The van der Waals surface area contributed by atoms with Gasteiger partial charge in [-0.25, -0.2) is 9.36 Å². The summed E-state index contributed by atoms with van der Waals surface area (Å²) in [6, 6.07) is -0.775. The van der Waals surface area contributed by atoms with Crippen LogP contribution in [0, 0.1) is 10.1 Å². The average molecular weight is 324 g/mol. The van der Waals surface area contributed by atoms with Gasteiger partial charge in [-0.05, 0) is 6.92 Å². The van der Waals surface area contributed by atoms with Gasteiger partial charge in [-0.1, -0.05) is 0 Å². The first-order valence-corrected chi connectivity index (χ1v) is 6.56. The molecule has 2 aromatic heterocycles. The predicted octanol–water partition coefficient (Wildman–Crippen LogP) is 0.800. The van der Waals surface area contributed by atoms with Crippen LogP contribution < -0.4 is 10.1 Å². The first-order valence-electron chi connectivity index (χ1n) is 6.56. The van der Waals surface area contributed by atoms with Crippen LogP contribution in [-0.2, 0) is 16.3 Å². The Morgan fingerprint density at radius 3 is 2.78 bits per heavy atom. The number of nitro groups is 1. The highest BCUT2D eigenvalue weighted by atomic mass is 16.6. The van der Waals surface area contributed by atoms with Crippen molar-refractivity contribution in [2.45, 2.75) is 19.7 Å². The summed E-state index contributed by atoms with van der Waals surface area (Å²) in [6.45, 7) is 1.82. The molecule has 2 rings (SSSR count). The molecule has 2 aromatic rings. The number of nitrogens with one attached hydrogen (secondary N) is 1. The van der Waals surface area contributed by atoms with Gasteiger partial charge < -0.3 is 14.8 Å². The van der Waals surface area contributed by atoms with Crippen molar-refractivity contribution in [2.75, 3.05) is 19.5 Å². The molecule has 0 aliphatic heterocycles. The van der Waals surface area contributed by atoms with Crippen molar-refractivity contribution >= 4 is 17.3 Å². The van der Waals surface area contributed by atoms with Gasteiger partial charge in [-0.2, -0.15) is 5.10 Å². The average Bonchev–Trinajstić information content (AvgIpc) is 3.13. The largest absolute Gasteiger partial charge is 0.475 e. The van der Waals surface area contributed by atoms with E-state index in [4.69, 9.17) is 9.47 Å². The summed E-state index contributed by atoms with van der Waals surface area (Å²) in [6.07, 6.45) is 4.22. The van der Waals surface area contributed by atoms with Gasteiger partial charge in [-0.15, -0.1) is 5.10 Å². The maximum atomic E-state index is 12.2. The number of hydrogen-bond donors (Lipinski definition) is 1. The van der Waals surface area contributed by atoms with Crippen molar-refractivity contribution in [3.63, 3.8) is 0 Å². The van der Waals surface area contributed by atoms with E-state index in [0.717, 1.165) is 6.20 Å². The van der Waals surface area contributed by atoms with Crippen molar-refractivity contribution in [1.82, 2.24) is 19.6 Å². The summed E-state index contributed by atoms with van der Waals surface area (Å²) < 4.78 is 12.4. The second-order valence-corrected chi connectivity index (χ2v) is 4.61. The highest BCUT2D eigenvalue weighted by molar-refractivity contribution is 5.93. The Morgan fingerprint density at radius 2 is 2.22 bits per heavy atom. The van der Waals surface area contributed by atoms with Crippen LogP contribution in [0.2, 0.25) is 0 Å². The number of nitrogens with zero attached hydrogens (tertiary/aromatic N) is 5. The molecule has 23 heavy (non-hydrogen) atoms. The molecule has 0 aliphatic carbocycles. The van der Waals surface area contributed by atoms with Crippen molar-refractivity contribution in [3.8, 4) is 5.88 Å². The van der Waals surface area contributed by atoms with E-state index >= 15 is 0 Å². The molecule has 1 atom stereocenters. The van der Waals surface area contributed by atoms with Crippen LogP contribution in [0.15, 0.2) is 18.6 Å². The maximum absolute atomic E-state index is 12.2. The zero-order valence-electron chi connectivity index (χ0n) is 12.8. The fourth-order valence-electron chi connectivity index (χ4n) is 1.83. The summed E-state index contributed by atoms with van der Waals surface area (Å²) in [7, 11) is 2.80. The van der Waals surface area contributed by atoms with E-state index in [1.165, 1.54) is 29.8 Å². The molecule has 0 saturated carbocycles. The second kappa shape index (κ2) is 6.87. The Bertz CT molecular complexity index is 709. The van der Waals surface area contributed by atoms with Crippen LogP contribution in [0.5, 0.6) is 5.88 Å². The molecule has 0 fully saturated rings. The molecular weight excluding hydrogens is 308 g/mol. The minimum Gasteiger partial charge on any atom is -0.475 e. The number of amides is 1. The monoisotopic (exact) mass is 324 g/mol. The number of hydrogen-bond acceptors (Lipinski definition) is 7. The summed E-state index contributed by atoms with van der Waals surface area (Å²) in [5.41, 5.74) is 0.174. The Hall–Kier alpha value is -2.95. The van der Waals surface area contributed by atoms with Crippen LogP contribution in [0.4, 0.5) is 11.4 Å². The maximum Gasteiger partial charge on any atom is 0.350 e. The standard InChI is InChI=1S/C12H16N6O5/c1-8(17-6-10(18(20)21)12(15-17)23-3)11(19)14-9-4-13-16(5-9)7-22-2/h4-6,8H,7H2,1-3H3,(H,14,19). The molecule has 0 radical (unpaired) electrons. The third kappa shape index (κ3) is 3.63. The topological polar surface area (TPSA) is 126 Å². The first-order chi connectivity index (χ1) is 11.0. The van der Waals surface area contributed by atoms with Gasteiger partial charge in [0.25, 0.3) is 0 Å². The number of anilines is 1. The van der Waals surface area contributed by atoms with E-state index in [1.54, 1.807) is 13.1 Å². The van der Waals surface area contributed by atoms with Crippen LogP contribution in [0.3, 0.4) is 0 Å². The van der Waals surface area contributed by atoms with Crippen molar-refractivity contribution in [3.05, 3.63) is 28.7 Å². The normalized spacial score (nSPS) is 12.0. The molecule has 1 amide bonds. The van der Waals surface area contributed by atoms with Crippen LogP contribution in [-0.4, -0.2) is 44.6 Å². The predicted molar refractivity (Wildman–Crippen MR) is 78.0 cm³/mol. The zero-order chi connectivity index (χ0) is 17.0. The Kier molecular flexibility index (Phi) is 4.91.